The van der Waals surface area contributed by atoms with Crippen molar-refractivity contribution < 1.29 is 14.3 Å². The number of rotatable bonds is 6. The first-order chi connectivity index (χ1) is 10.1. The zero-order valence-corrected chi connectivity index (χ0v) is 13.1. The largest absolute Gasteiger partial charge is 0.497 e. The van der Waals surface area contributed by atoms with Gasteiger partial charge >= 0.3 is 0 Å². The Morgan fingerprint density at radius 2 is 2.19 bits per heavy atom. The molecular formula is C12H14N4O3S2. The van der Waals surface area contributed by atoms with Crippen LogP contribution < -0.4 is 20.5 Å². The van der Waals surface area contributed by atoms with Gasteiger partial charge in [0.1, 0.15) is 11.5 Å². The predicted octanol–water partition coefficient (Wildman–Crippen LogP) is 1.87. The molecule has 1 amide bonds. The lowest BCUT2D eigenvalue weighted by atomic mass is 10.2. The summed E-state index contributed by atoms with van der Waals surface area (Å²) < 4.78 is 11.0. The van der Waals surface area contributed by atoms with Crippen LogP contribution in [0.2, 0.25) is 0 Å². The topological polar surface area (TPSA) is 99.4 Å². The number of benzene rings is 1. The highest BCUT2D eigenvalue weighted by atomic mass is 32.2. The van der Waals surface area contributed by atoms with Crippen molar-refractivity contribution in [3.05, 3.63) is 18.2 Å². The zero-order valence-electron chi connectivity index (χ0n) is 11.5. The summed E-state index contributed by atoms with van der Waals surface area (Å²) in [7, 11) is 3.10. The molecule has 7 nitrogen and oxygen atoms in total. The highest BCUT2D eigenvalue weighted by Crippen LogP contribution is 2.29. The van der Waals surface area contributed by atoms with Crippen LogP contribution in [0, 0.1) is 0 Å². The summed E-state index contributed by atoms with van der Waals surface area (Å²) >= 11 is 2.52. The lowest BCUT2D eigenvalue weighted by molar-refractivity contribution is -0.113. The van der Waals surface area contributed by atoms with E-state index in [0.717, 1.165) is 0 Å². The van der Waals surface area contributed by atoms with Gasteiger partial charge in [-0.3, -0.25) is 4.79 Å². The normalized spacial score (nSPS) is 10.2. The molecule has 1 heterocycles. The van der Waals surface area contributed by atoms with Gasteiger partial charge in [-0.1, -0.05) is 23.1 Å². The van der Waals surface area contributed by atoms with E-state index in [9.17, 15) is 4.79 Å². The van der Waals surface area contributed by atoms with E-state index in [0.29, 0.717) is 26.7 Å². The molecule has 0 unspecified atom stereocenters. The number of thioether (sulfide) groups is 1. The van der Waals surface area contributed by atoms with Crippen LogP contribution in [-0.2, 0) is 4.79 Å². The molecule has 0 radical (unpaired) electrons. The van der Waals surface area contributed by atoms with E-state index in [4.69, 9.17) is 15.2 Å². The number of aromatic nitrogens is 2. The van der Waals surface area contributed by atoms with E-state index in [1.165, 1.54) is 30.2 Å². The van der Waals surface area contributed by atoms with Crippen LogP contribution in [0.1, 0.15) is 0 Å². The van der Waals surface area contributed by atoms with Gasteiger partial charge in [-0.2, -0.15) is 0 Å². The van der Waals surface area contributed by atoms with Crippen molar-refractivity contribution in [3.63, 3.8) is 0 Å². The first-order valence-electron chi connectivity index (χ1n) is 5.86. The van der Waals surface area contributed by atoms with Gasteiger partial charge in [0, 0.05) is 6.07 Å². The smallest absolute Gasteiger partial charge is 0.234 e. The van der Waals surface area contributed by atoms with Crippen molar-refractivity contribution in [2.75, 3.05) is 31.0 Å². The van der Waals surface area contributed by atoms with E-state index < -0.39 is 0 Å². The molecule has 2 aromatic rings. The molecule has 0 bridgehead atoms. The number of methoxy groups -OCH3 is 2. The molecule has 0 aliphatic carbocycles. The molecular weight excluding hydrogens is 312 g/mol. The van der Waals surface area contributed by atoms with E-state index in [-0.39, 0.29) is 11.7 Å². The number of nitrogens with zero attached hydrogens (tertiary/aromatic N) is 2. The first kappa shape index (κ1) is 15.4. The Kier molecular flexibility index (Phi) is 5.23. The van der Waals surface area contributed by atoms with Gasteiger partial charge in [-0.05, 0) is 12.1 Å². The summed E-state index contributed by atoms with van der Waals surface area (Å²) in [4.78, 5) is 11.9. The van der Waals surface area contributed by atoms with Crippen molar-refractivity contribution in [2.45, 2.75) is 4.34 Å². The highest BCUT2D eigenvalue weighted by molar-refractivity contribution is 8.01. The number of nitrogens with one attached hydrogen (secondary N) is 1. The number of amides is 1. The average Bonchev–Trinajstić information content (AvgIpc) is 2.91. The van der Waals surface area contributed by atoms with E-state index in [2.05, 4.69) is 15.5 Å². The maximum atomic E-state index is 11.9. The molecule has 21 heavy (non-hydrogen) atoms. The molecule has 9 heteroatoms. The van der Waals surface area contributed by atoms with E-state index in [1.54, 1.807) is 25.3 Å². The Morgan fingerprint density at radius 3 is 2.81 bits per heavy atom. The quantitative estimate of drug-likeness (QED) is 0.782. The molecule has 0 aliphatic rings. The molecule has 0 saturated carbocycles. The standard InChI is InChI=1S/C12H14N4O3S2/c1-18-7-3-4-8(9(5-7)19-2)14-10(17)6-20-12-16-15-11(13)21-12/h3-5H,6H2,1-2H3,(H2,13,15)(H,14,17). The van der Waals surface area contributed by atoms with E-state index >= 15 is 0 Å². The molecule has 0 aliphatic heterocycles. The number of hydrogen-bond acceptors (Lipinski definition) is 8. The van der Waals surface area contributed by atoms with Gasteiger partial charge in [0.05, 0.1) is 25.7 Å². The summed E-state index contributed by atoms with van der Waals surface area (Å²) in [6, 6.07) is 5.17. The summed E-state index contributed by atoms with van der Waals surface area (Å²) in [6.07, 6.45) is 0. The third kappa shape index (κ3) is 4.23. The molecule has 0 saturated heterocycles. The number of carbonyl (C=O) groups is 1. The Hall–Kier alpha value is -2.00. The van der Waals surface area contributed by atoms with Crippen molar-refractivity contribution in [3.8, 4) is 11.5 Å². The van der Waals surface area contributed by atoms with Crippen LogP contribution >= 0.6 is 23.1 Å². The van der Waals surface area contributed by atoms with Crippen LogP contribution in [-0.4, -0.2) is 36.1 Å². The van der Waals surface area contributed by atoms with E-state index in [1.807, 2.05) is 0 Å². The number of nitrogens with two attached hydrogens (primary N) is 1. The fraction of sp³-hybridized carbons (Fsp3) is 0.250. The van der Waals surface area contributed by atoms with Gasteiger partial charge in [-0.25, -0.2) is 0 Å². The Bertz CT molecular complexity index is 633. The Morgan fingerprint density at radius 1 is 1.38 bits per heavy atom. The maximum absolute atomic E-state index is 11.9. The van der Waals surface area contributed by atoms with Crippen LogP contribution in [0.4, 0.5) is 10.8 Å². The van der Waals surface area contributed by atoms with Crippen LogP contribution in [0.5, 0.6) is 11.5 Å². The minimum absolute atomic E-state index is 0.169. The number of carbonyl (C=O) groups excluding carboxylic acids is 1. The van der Waals surface area contributed by atoms with Gasteiger partial charge in [0.2, 0.25) is 11.0 Å². The minimum atomic E-state index is -0.169. The number of hydrogen-bond donors (Lipinski definition) is 2. The predicted molar refractivity (Wildman–Crippen MR) is 83.2 cm³/mol. The summed E-state index contributed by atoms with van der Waals surface area (Å²) in [6.45, 7) is 0. The van der Waals surface area contributed by atoms with Gasteiger partial charge in [0.15, 0.2) is 4.34 Å². The average molecular weight is 326 g/mol. The highest BCUT2D eigenvalue weighted by Gasteiger charge is 2.11. The lowest BCUT2D eigenvalue weighted by Gasteiger charge is -2.11. The van der Waals surface area contributed by atoms with Crippen molar-refractivity contribution in [1.29, 1.82) is 0 Å². The third-order valence-corrected chi connectivity index (χ3v) is 4.32. The maximum Gasteiger partial charge on any atom is 0.234 e. The Labute approximate surface area is 129 Å². The second kappa shape index (κ2) is 7.14. The summed E-state index contributed by atoms with van der Waals surface area (Å²) in [5.41, 5.74) is 6.06. The van der Waals surface area contributed by atoms with Crippen LogP contribution in [0.3, 0.4) is 0 Å². The molecule has 0 atom stereocenters. The van der Waals surface area contributed by atoms with Crippen molar-refractivity contribution in [1.82, 2.24) is 10.2 Å². The second-order valence-electron chi connectivity index (χ2n) is 3.81. The Balaban J connectivity index is 1.95. The summed E-state index contributed by atoms with van der Waals surface area (Å²) in [5, 5.41) is 10.7. The van der Waals surface area contributed by atoms with Crippen molar-refractivity contribution >= 4 is 39.8 Å². The van der Waals surface area contributed by atoms with Gasteiger partial charge in [-0.15, -0.1) is 10.2 Å². The fourth-order valence-electron chi connectivity index (χ4n) is 1.49. The fourth-order valence-corrected chi connectivity index (χ4v) is 2.93. The summed E-state index contributed by atoms with van der Waals surface area (Å²) in [5.74, 6) is 1.23. The second-order valence-corrected chi connectivity index (χ2v) is 6.04. The number of ether oxygens (including phenoxy) is 2. The monoisotopic (exact) mass is 326 g/mol. The number of anilines is 2. The molecule has 3 N–H and O–H groups in total. The van der Waals surface area contributed by atoms with Gasteiger partial charge in [0.25, 0.3) is 0 Å². The molecule has 0 spiro atoms. The third-order valence-electron chi connectivity index (χ3n) is 2.43. The SMILES string of the molecule is COc1ccc(NC(=O)CSc2nnc(N)s2)c(OC)c1. The van der Waals surface area contributed by atoms with Crippen LogP contribution in [0.15, 0.2) is 22.5 Å². The first-order valence-corrected chi connectivity index (χ1v) is 7.66. The minimum Gasteiger partial charge on any atom is -0.497 e. The number of nitrogen functional groups attached to an aromatic ring is 1. The lowest BCUT2D eigenvalue weighted by Crippen LogP contribution is -2.14. The van der Waals surface area contributed by atoms with Gasteiger partial charge < -0.3 is 20.5 Å². The molecule has 0 fully saturated rings. The molecule has 1 aromatic carbocycles. The van der Waals surface area contributed by atoms with Crippen molar-refractivity contribution in [2.24, 2.45) is 0 Å². The van der Waals surface area contributed by atoms with Crippen LogP contribution in [0.25, 0.3) is 0 Å². The molecule has 2 rings (SSSR count). The zero-order chi connectivity index (χ0) is 15.2. The molecule has 112 valence electrons. The molecule has 1 aromatic heterocycles.